The molecule has 0 radical (unpaired) electrons. The van der Waals surface area contributed by atoms with E-state index in [1.54, 1.807) is 12.3 Å². The molecule has 1 aliphatic heterocycles. The third-order valence-corrected chi connectivity index (χ3v) is 3.22. The Hall–Kier alpha value is -2.24. The van der Waals surface area contributed by atoms with Gasteiger partial charge in [0, 0.05) is 24.2 Å². The van der Waals surface area contributed by atoms with Crippen molar-refractivity contribution in [2.24, 2.45) is 0 Å². The van der Waals surface area contributed by atoms with E-state index in [4.69, 9.17) is 4.42 Å². The van der Waals surface area contributed by atoms with E-state index in [-0.39, 0.29) is 17.5 Å². The van der Waals surface area contributed by atoms with Crippen molar-refractivity contribution in [2.45, 2.75) is 32.1 Å². The maximum Gasteiger partial charge on any atom is 0.586 e. The van der Waals surface area contributed by atoms with Crippen molar-refractivity contribution in [2.75, 3.05) is 5.32 Å². The molecule has 1 unspecified atom stereocenters. The van der Waals surface area contributed by atoms with Gasteiger partial charge in [-0.2, -0.15) is 0 Å². The van der Waals surface area contributed by atoms with Gasteiger partial charge in [-0.1, -0.05) is 0 Å². The smallest absolute Gasteiger partial charge is 0.469 e. The first-order valence-corrected chi connectivity index (χ1v) is 6.71. The second-order valence-corrected chi connectivity index (χ2v) is 4.99. The fraction of sp³-hybridized carbons (Fsp3) is 0.333. The number of aryl methyl sites for hydroxylation is 1. The van der Waals surface area contributed by atoms with Gasteiger partial charge in [0.2, 0.25) is 0 Å². The zero-order chi connectivity index (χ0) is 14.9. The van der Waals surface area contributed by atoms with E-state index < -0.39 is 6.29 Å². The summed E-state index contributed by atoms with van der Waals surface area (Å²) in [6.45, 7) is 2.02. The summed E-state index contributed by atoms with van der Waals surface area (Å²) in [5, 5.41) is 3.24. The Morgan fingerprint density at radius 1 is 1.19 bits per heavy atom. The van der Waals surface area contributed by atoms with Gasteiger partial charge in [-0.25, -0.2) is 0 Å². The lowest BCUT2D eigenvalue weighted by Crippen LogP contribution is -2.25. The summed E-state index contributed by atoms with van der Waals surface area (Å²) in [4.78, 5) is 0. The molecule has 4 nitrogen and oxygen atoms in total. The second kappa shape index (κ2) is 5.27. The predicted molar refractivity (Wildman–Crippen MR) is 72.8 cm³/mol. The zero-order valence-corrected chi connectivity index (χ0v) is 11.4. The van der Waals surface area contributed by atoms with Crippen LogP contribution in [0.25, 0.3) is 0 Å². The number of furan rings is 1. The van der Waals surface area contributed by atoms with Gasteiger partial charge in [0.1, 0.15) is 5.76 Å². The van der Waals surface area contributed by atoms with Crippen LogP contribution in [0, 0.1) is 0 Å². The molecule has 6 heteroatoms. The van der Waals surface area contributed by atoms with Crippen LogP contribution in [0.1, 0.15) is 19.1 Å². The molecule has 112 valence electrons. The molecule has 0 amide bonds. The molecule has 0 aliphatic carbocycles. The number of fused-ring (bicyclic) bond motifs is 1. The van der Waals surface area contributed by atoms with Crippen molar-refractivity contribution >= 4 is 5.69 Å². The number of benzene rings is 1. The van der Waals surface area contributed by atoms with Crippen molar-refractivity contribution < 1.29 is 22.7 Å². The van der Waals surface area contributed by atoms with Gasteiger partial charge in [-0.3, -0.25) is 0 Å². The standard InChI is InChI=1S/C15H15F2NO3/c1-10(4-6-12-3-2-8-19-12)18-11-5-7-13-14(9-11)21-15(16,17)20-13/h2-3,5,7-10,18H,4,6H2,1H3. The van der Waals surface area contributed by atoms with E-state index in [1.807, 2.05) is 19.1 Å². The predicted octanol–water partition coefficient (Wildman–Crippen LogP) is 4.03. The molecule has 0 spiro atoms. The minimum Gasteiger partial charge on any atom is -0.469 e. The van der Waals surface area contributed by atoms with Crippen LogP contribution in [0.3, 0.4) is 0 Å². The third kappa shape index (κ3) is 3.26. The molecule has 2 heterocycles. The summed E-state index contributed by atoms with van der Waals surface area (Å²) in [6.07, 6.45) is -0.265. The highest BCUT2D eigenvalue weighted by molar-refractivity contribution is 5.56. The van der Waals surface area contributed by atoms with Gasteiger partial charge in [0.25, 0.3) is 0 Å². The number of hydrogen-bond donors (Lipinski definition) is 1. The van der Waals surface area contributed by atoms with Crippen LogP contribution in [0.2, 0.25) is 0 Å². The quantitative estimate of drug-likeness (QED) is 0.904. The Kier molecular flexibility index (Phi) is 3.45. The van der Waals surface area contributed by atoms with Gasteiger partial charge in [-0.15, -0.1) is 8.78 Å². The van der Waals surface area contributed by atoms with Crippen molar-refractivity contribution in [1.29, 1.82) is 0 Å². The molecule has 1 N–H and O–H groups in total. The normalized spacial score (nSPS) is 16.7. The fourth-order valence-corrected chi connectivity index (χ4v) is 2.21. The summed E-state index contributed by atoms with van der Waals surface area (Å²) in [6, 6.07) is 8.61. The number of nitrogens with one attached hydrogen (secondary N) is 1. The average molecular weight is 295 g/mol. The molecule has 0 saturated carbocycles. The summed E-state index contributed by atoms with van der Waals surface area (Å²) in [5.41, 5.74) is 0.710. The number of ether oxygens (including phenoxy) is 2. The van der Waals surface area contributed by atoms with Gasteiger partial charge in [0.15, 0.2) is 11.5 Å². The molecule has 1 aromatic carbocycles. The second-order valence-electron chi connectivity index (χ2n) is 4.99. The monoisotopic (exact) mass is 295 g/mol. The average Bonchev–Trinajstić information content (AvgIpc) is 3.01. The molecule has 3 rings (SSSR count). The Balaban J connectivity index is 1.58. The number of hydrogen-bond acceptors (Lipinski definition) is 4. The lowest BCUT2D eigenvalue weighted by atomic mass is 10.1. The molecule has 1 aliphatic rings. The van der Waals surface area contributed by atoms with Crippen molar-refractivity contribution in [3.05, 3.63) is 42.4 Å². The largest absolute Gasteiger partial charge is 0.586 e. The summed E-state index contributed by atoms with van der Waals surface area (Å²) in [7, 11) is 0. The number of anilines is 1. The van der Waals surface area contributed by atoms with E-state index in [2.05, 4.69) is 14.8 Å². The molecule has 0 fully saturated rings. The van der Waals surface area contributed by atoms with E-state index >= 15 is 0 Å². The molecular weight excluding hydrogens is 280 g/mol. The highest BCUT2D eigenvalue weighted by Gasteiger charge is 2.43. The Morgan fingerprint density at radius 3 is 2.76 bits per heavy atom. The number of alkyl halides is 2. The Bertz CT molecular complexity index is 613. The van der Waals surface area contributed by atoms with Crippen molar-refractivity contribution in [3.8, 4) is 11.5 Å². The summed E-state index contributed by atoms with van der Waals surface area (Å²) >= 11 is 0. The molecule has 1 atom stereocenters. The first-order valence-electron chi connectivity index (χ1n) is 6.71. The molecular formula is C15H15F2NO3. The maximum atomic E-state index is 12.9. The first kappa shape index (κ1) is 13.7. The number of rotatable bonds is 5. The lowest BCUT2D eigenvalue weighted by molar-refractivity contribution is -0.286. The van der Waals surface area contributed by atoms with E-state index in [0.29, 0.717) is 5.69 Å². The highest BCUT2D eigenvalue weighted by Crippen LogP contribution is 2.42. The molecule has 0 saturated heterocycles. The van der Waals surface area contributed by atoms with Crippen molar-refractivity contribution in [1.82, 2.24) is 0 Å². The van der Waals surface area contributed by atoms with Crippen LogP contribution >= 0.6 is 0 Å². The van der Waals surface area contributed by atoms with Gasteiger partial charge in [0.05, 0.1) is 6.26 Å². The van der Waals surface area contributed by atoms with Gasteiger partial charge < -0.3 is 19.2 Å². The minimum absolute atomic E-state index is 0.0447. The Morgan fingerprint density at radius 2 is 2.00 bits per heavy atom. The van der Waals surface area contributed by atoms with Crippen LogP contribution in [0.4, 0.5) is 14.5 Å². The lowest BCUT2D eigenvalue weighted by Gasteiger charge is -2.14. The maximum absolute atomic E-state index is 12.9. The zero-order valence-electron chi connectivity index (χ0n) is 11.4. The van der Waals surface area contributed by atoms with E-state index in [1.165, 1.54) is 12.1 Å². The molecule has 21 heavy (non-hydrogen) atoms. The topological polar surface area (TPSA) is 43.6 Å². The summed E-state index contributed by atoms with van der Waals surface area (Å²) in [5.74, 6) is 1.02. The van der Waals surface area contributed by atoms with Crippen LogP contribution in [0.5, 0.6) is 11.5 Å². The van der Waals surface area contributed by atoms with E-state index in [0.717, 1.165) is 18.6 Å². The van der Waals surface area contributed by atoms with Crippen LogP contribution in [0.15, 0.2) is 41.0 Å². The SMILES string of the molecule is CC(CCc1ccco1)Nc1ccc2c(c1)OC(F)(F)O2. The van der Waals surface area contributed by atoms with Gasteiger partial charge >= 0.3 is 6.29 Å². The highest BCUT2D eigenvalue weighted by atomic mass is 19.3. The molecule has 2 aromatic rings. The number of halogens is 2. The summed E-state index contributed by atoms with van der Waals surface area (Å²) < 4.78 is 39.9. The first-order chi connectivity index (χ1) is 10.0. The fourth-order valence-electron chi connectivity index (χ4n) is 2.21. The van der Waals surface area contributed by atoms with Gasteiger partial charge in [-0.05, 0) is 37.6 Å². The third-order valence-electron chi connectivity index (χ3n) is 3.22. The van der Waals surface area contributed by atoms with Crippen LogP contribution in [-0.4, -0.2) is 12.3 Å². The van der Waals surface area contributed by atoms with Crippen LogP contribution in [-0.2, 0) is 6.42 Å². The van der Waals surface area contributed by atoms with Crippen LogP contribution < -0.4 is 14.8 Å². The molecule has 0 bridgehead atoms. The van der Waals surface area contributed by atoms with Crippen molar-refractivity contribution in [3.63, 3.8) is 0 Å². The van der Waals surface area contributed by atoms with E-state index in [9.17, 15) is 8.78 Å². The molecule has 1 aromatic heterocycles. The minimum atomic E-state index is -3.58. The Labute approximate surface area is 120 Å².